The van der Waals surface area contributed by atoms with Crippen molar-refractivity contribution in [1.82, 2.24) is 0 Å². The standard InChI is InChI=1S/C17H23ClO4/c1-13(2)12-21-16(19)6-4-3-5-7-17(20)22-15-10-8-14(18)9-11-15/h8-11,13H,3-7,12H2,1-2H3. The Morgan fingerprint density at radius 2 is 1.59 bits per heavy atom. The average Bonchev–Trinajstić information content (AvgIpc) is 2.47. The van der Waals surface area contributed by atoms with Crippen LogP contribution in [0.2, 0.25) is 5.02 Å². The van der Waals surface area contributed by atoms with E-state index in [4.69, 9.17) is 21.1 Å². The Labute approximate surface area is 136 Å². The Balaban J connectivity index is 2.08. The predicted molar refractivity (Wildman–Crippen MR) is 86.0 cm³/mol. The number of halogens is 1. The van der Waals surface area contributed by atoms with Gasteiger partial charge in [-0.3, -0.25) is 9.59 Å². The second-order valence-corrected chi connectivity index (χ2v) is 6.00. The van der Waals surface area contributed by atoms with Crippen molar-refractivity contribution in [1.29, 1.82) is 0 Å². The number of esters is 2. The highest BCUT2D eigenvalue weighted by Crippen LogP contribution is 2.16. The lowest BCUT2D eigenvalue weighted by Gasteiger charge is -2.07. The van der Waals surface area contributed by atoms with Crippen molar-refractivity contribution in [3.8, 4) is 5.75 Å². The molecule has 1 aromatic rings. The molecule has 4 nitrogen and oxygen atoms in total. The van der Waals surface area contributed by atoms with Gasteiger partial charge in [0.15, 0.2) is 0 Å². The summed E-state index contributed by atoms with van der Waals surface area (Å²) >= 11 is 5.75. The molecule has 0 atom stereocenters. The summed E-state index contributed by atoms with van der Waals surface area (Å²) in [5.41, 5.74) is 0. The first-order chi connectivity index (χ1) is 10.5. The molecule has 0 saturated carbocycles. The zero-order valence-electron chi connectivity index (χ0n) is 13.1. The van der Waals surface area contributed by atoms with E-state index in [1.54, 1.807) is 24.3 Å². The van der Waals surface area contributed by atoms with Gasteiger partial charge in [0.05, 0.1) is 6.61 Å². The minimum atomic E-state index is -0.273. The molecule has 1 rings (SSSR count). The monoisotopic (exact) mass is 326 g/mol. The summed E-state index contributed by atoms with van der Waals surface area (Å²) < 4.78 is 10.3. The molecule has 0 saturated heterocycles. The zero-order chi connectivity index (χ0) is 16.4. The second-order valence-electron chi connectivity index (χ2n) is 5.57. The minimum absolute atomic E-state index is 0.169. The average molecular weight is 327 g/mol. The molecule has 22 heavy (non-hydrogen) atoms. The van der Waals surface area contributed by atoms with Crippen molar-refractivity contribution in [2.45, 2.75) is 46.0 Å². The summed E-state index contributed by atoms with van der Waals surface area (Å²) in [6.45, 7) is 4.46. The van der Waals surface area contributed by atoms with E-state index in [1.807, 2.05) is 13.8 Å². The predicted octanol–water partition coefficient (Wildman–Crippen LogP) is 4.40. The number of carbonyl (C=O) groups excluding carboxylic acids is 2. The van der Waals surface area contributed by atoms with Crippen molar-refractivity contribution in [2.24, 2.45) is 5.92 Å². The molecule has 0 aliphatic rings. The van der Waals surface area contributed by atoms with Crippen LogP contribution in [-0.4, -0.2) is 18.5 Å². The number of rotatable bonds is 9. The maximum Gasteiger partial charge on any atom is 0.311 e. The van der Waals surface area contributed by atoms with Gasteiger partial charge >= 0.3 is 11.9 Å². The Morgan fingerprint density at radius 3 is 2.18 bits per heavy atom. The lowest BCUT2D eigenvalue weighted by atomic mass is 10.1. The number of benzene rings is 1. The maximum absolute atomic E-state index is 11.6. The van der Waals surface area contributed by atoms with Crippen LogP contribution in [0.3, 0.4) is 0 Å². The summed E-state index contributed by atoms with van der Waals surface area (Å²) in [5.74, 6) is 0.403. The molecular weight excluding hydrogens is 304 g/mol. The molecule has 0 bridgehead atoms. The quantitative estimate of drug-likeness (QED) is 0.383. The van der Waals surface area contributed by atoms with Gasteiger partial charge in [-0.25, -0.2) is 0 Å². The van der Waals surface area contributed by atoms with Gasteiger partial charge in [-0.2, -0.15) is 0 Å². The Bertz CT molecular complexity index is 468. The lowest BCUT2D eigenvalue weighted by Crippen LogP contribution is -2.10. The third-order valence-electron chi connectivity index (χ3n) is 2.88. The summed E-state index contributed by atoms with van der Waals surface area (Å²) in [6.07, 6.45) is 2.96. The number of hydrogen-bond donors (Lipinski definition) is 0. The molecule has 0 fully saturated rings. The summed E-state index contributed by atoms with van der Waals surface area (Å²) in [5, 5.41) is 0.601. The van der Waals surface area contributed by atoms with Crippen LogP contribution >= 0.6 is 11.6 Å². The molecule has 0 amide bonds. The van der Waals surface area contributed by atoms with Crippen molar-refractivity contribution in [3.05, 3.63) is 29.3 Å². The van der Waals surface area contributed by atoms with Crippen molar-refractivity contribution < 1.29 is 19.1 Å². The molecule has 0 aromatic heterocycles. The number of hydrogen-bond acceptors (Lipinski definition) is 4. The number of ether oxygens (including phenoxy) is 2. The van der Waals surface area contributed by atoms with Crippen molar-refractivity contribution in [2.75, 3.05) is 6.61 Å². The molecule has 0 heterocycles. The van der Waals surface area contributed by atoms with Crippen LogP contribution in [0.4, 0.5) is 0 Å². The minimum Gasteiger partial charge on any atom is -0.465 e. The van der Waals surface area contributed by atoms with Crippen molar-refractivity contribution >= 4 is 23.5 Å². The normalized spacial score (nSPS) is 10.5. The van der Waals surface area contributed by atoms with E-state index in [0.717, 1.165) is 12.8 Å². The summed E-state index contributed by atoms with van der Waals surface area (Å²) in [7, 11) is 0. The van der Waals surface area contributed by atoms with Crippen LogP contribution in [0, 0.1) is 5.92 Å². The van der Waals surface area contributed by atoms with Gasteiger partial charge in [-0.1, -0.05) is 31.9 Å². The smallest absolute Gasteiger partial charge is 0.311 e. The van der Waals surface area contributed by atoms with Crippen LogP contribution in [0.5, 0.6) is 5.75 Å². The van der Waals surface area contributed by atoms with E-state index in [0.29, 0.717) is 42.6 Å². The SMILES string of the molecule is CC(C)COC(=O)CCCCCC(=O)Oc1ccc(Cl)cc1. The Kier molecular flexibility index (Phi) is 8.60. The second kappa shape index (κ2) is 10.2. The van der Waals surface area contributed by atoms with Gasteiger partial charge in [0, 0.05) is 17.9 Å². The first kappa shape index (κ1) is 18.5. The Hall–Kier alpha value is -1.55. The maximum atomic E-state index is 11.6. The molecule has 0 unspecified atom stereocenters. The fourth-order valence-electron chi connectivity index (χ4n) is 1.73. The molecule has 122 valence electrons. The number of carbonyl (C=O) groups is 2. The van der Waals surface area contributed by atoms with Crippen LogP contribution in [0.25, 0.3) is 0 Å². The zero-order valence-corrected chi connectivity index (χ0v) is 13.9. The first-order valence-electron chi connectivity index (χ1n) is 7.59. The van der Waals surface area contributed by atoms with Gasteiger partial charge in [0.25, 0.3) is 0 Å². The van der Waals surface area contributed by atoms with E-state index in [9.17, 15) is 9.59 Å². The van der Waals surface area contributed by atoms with Crippen molar-refractivity contribution in [3.63, 3.8) is 0 Å². The van der Waals surface area contributed by atoms with Crippen LogP contribution in [-0.2, 0) is 14.3 Å². The highest BCUT2D eigenvalue weighted by molar-refractivity contribution is 6.30. The first-order valence-corrected chi connectivity index (χ1v) is 7.97. The van der Waals surface area contributed by atoms with Gasteiger partial charge in [-0.05, 0) is 43.0 Å². The molecule has 0 aliphatic heterocycles. The molecule has 5 heteroatoms. The van der Waals surface area contributed by atoms with Crippen LogP contribution in [0.1, 0.15) is 46.0 Å². The molecule has 0 aliphatic carbocycles. The molecular formula is C17H23ClO4. The fraction of sp³-hybridized carbons (Fsp3) is 0.529. The number of unbranched alkanes of at least 4 members (excludes halogenated alkanes) is 2. The summed E-state index contributed by atoms with van der Waals surface area (Å²) in [4.78, 5) is 23.0. The topological polar surface area (TPSA) is 52.6 Å². The van der Waals surface area contributed by atoms with E-state index in [1.165, 1.54) is 0 Å². The third-order valence-corrected chi connectivity index (χ3v) is 3.14. The van der Waals surface area contributed by atoms with Crippen LogP contribution in [0.15, 0.2) is 24.3 Å². The highest BCUT2D eigenvalue weighted by Gasteiger charge is 2.07. The van der Waals surface area contributed by atoms with E-state index < -0.39 is 0 Å². The van der Waals surface area contributed by atoms with Gasteiger partial charge in [-0.15, -0.1) is 0 Å². The molecule has 0 spiro atoms. The van der Waals surface area contributed by atoms with Gasteiger partial charge < -0.3 is 9.47 Å². The molecule has 0 N–H and O–H groups in total. The molecule has 1 aromatic carbocycles. The van der Waals surface area contributed by atoms with E-state index in [-0.39, 0.29) is 11.9 Å². The lowest BCUT2D eigenvalue weighted by molar-refractivity contribution is -0.144. The highest BCUT2D eigenvalue weighted by atomic mass is 35.5. The van der Waals surface area contributed by atoms with E-state index in [2.05, 4.69) is 0 Å². The third kappa shape index (κ3) is 8.67. The largest absolute Gasteiger partial charge is 0.465 e. The summed E-state index contributed by atoms with van der Waals surface area (Å²) in [6, 6.07) is 6.66. The van der Waals surface area contributed by atoms with Crippen LogP contribution < -0.4 is 4.74 Å². The van der Waals surface area contributed by atoms with Gasteiger partial charge in [0.1, 0.15) is 5.75 Å². The Morgan fingerprint density at radius 1 is 1.00 bits per heavy atom. The molecule has 0 radical (unpaired) electrons. The fourth-order valence-corrected chi connectivity index (χ4v) is 1.86. The van der Waals surface area contributed by atoms with E-state index >= 15 is 0 Å². The van der Waals surface area contributed by atoms with Gasteiger partial charge in [0.2, 0.25) is 0 Å².